The van der Waals surface area contributed by atoms with E-state index in [-0.39, 0.29) is 29.3 Å². The molecular weight excluding hydrogens is 380 g/mol. The average Bonchev–Trinajstić information content (AvgIpc) is 3.17. The first kappa shape index (κ1) is 20.4. The van der Waals surface area contributed by atoms with Crippen LogP contribution in [-0.2, 0) is 4.79 Å². The molecule has 2 heterocycles. The molecule has 2 aliphatic rings. The highest BCUT2D eigenvalue weighted by Gasteiger charge is 2.55. The number of hydrogen-bond donors (Lipinski definition) is 2. The number of amides is 3. The third kappa shape index (κ3) is 3.93. The van der Waals surface area contributed by atoms with Gasteiger partial charge in [0, 0.05) is 24.0 Å². The number of urea groups is 1. The Morgan fingerprint density at radius 1 is 1.17 bits per heavy atom. The molecule has 0 unspecified atom stereocenters. The number of ketones is 1. The molecule has 2 aromatic rings. The van der Waals surface area contributed by atoms with Crippen molar-refractivity contribution in [3.8, 4) is 0 Å². The largest absolute Gasteiger partial charge is 0.351 e. The number of carbonyl (C=O) groups excluding carboxylic acids is 3. The summed E-state index contributed by atoms with van der Waals surface area (Å²) in [5, 5.41) is 3.67. The molecule has 4 rings (SSSR count). The molecule has 7 nitrogen and oxygen atoms in total. The van der Waals surface area contributed by atoms with Crippen LogP contribution in [0.2, 0.25) is 0 Å². The maximum Gasteiger partial charge on any atom is 0.323 e. The van der Waals surface area contributed by atoms with Crippen LogP contribution in [0.1, 0.15) is 52.9 Å². The van der Waals surface area contributed by atoms with E-state index in [1.165, 1.54) is 4.57 Å². The Morgan fingerprint density at radius 2 is 1.90 bits per heavy atom. The number of fused-ring (bicyclic) bond motifs is 2. The highest BCUT2D eigenvalue weighted by Crippen LogP contribution is 2.48. The summed E-state index contributed by atoms with van der Waals surface area (Å²) in [7, 11) is 0. The van der Waals surface area contributed by atoms with Crippen LogP contribution in [0.3, 0.4) is 0 Å². The standard InChI is InChI=1S/C23H30N4O3/c1-23(2,3)10-6-9-20(28)19-12-14-11-18(14)27(19)22(30)25-16-13-26(21(24)29)17-8-5-4-7-15(16)17/h4-5,7-8,13-14,18-19H,6,9-12H2,1-3H3,(H2,24,29)(H,25,30)/t14-,18-,19+/m1/s1. The molecule has 3 atom stereocenters. The van der Waals surface area contributed by atoms with Crippen molar-refractivity contribution in [2.24, 2.45) is 17.1 Å². The number of benzene rings is 1. The van der Waals surface area contributed by atoms with E-state index in [4.69, 9.17) is 5.73 Å². The van der Waals surface area contributed by atoms with E-state index in [9.17, 15) is 14.4 Å². The van der Waals surface area contributed by atoms with Crippen molar-refractivity contribution in [3.05, 3.63) is 30.5 Å². The fourth-order valence-corrected chi connectivity index (χ4v) is 4.64. The maximum atomic E-state index is 13.2. The lowest BCUT2D eigenvalue weighted by Gasteiger charge is -2.27. The second-order valence-corrected chi connectivity index (χ2v) is 9.80. The summed E-state index contributed by atoms with van der Waals surface area (Å²) in [6.07, 6.45) is 5.60. The zero-order valence-electron chi connectivity index (χ0n) is 17.9. The number of anilines is 1. The van der Waals surface area contributed by atoms with Crippen LogP contribution in [-0.4, -0.2) is 39.4 Å². The number of likely N-dealkylation sites (tertiary alicyclic amines) is 1. The molecule has 3 N–H and O–H groups in total. The first-order valence-corrected chi connectivity index (χ1v) is 10.7. The number of nitrogens with one attached hydrogen (secondary N) is 1. The van der Waals surface area contributed by atoms with Crippen molar-refractivity contribution in [2.75, 3.05) is 5.32 Å². The summed E-state index contributed by atoms with van der Waals surface area (Å²) in [6.45, 7) is 6.51. The van der Waals surface area contributed by atoms with E-state index < -0.39 is 6.03 Å². The molecule has 1 aliphatic heterocycles. The molecule has 1 saturated carbocycles. The molecule has 1 aromatic heterocycles. The lowest BCUT2D eigenvalue weighted by Crippen LogP contribution is -2.45. The first-order valence-electron chi connectivity index (χ1n) is 10.7. The van der Waals surface area contributed by atoms with Crippen LogP contribution in [0, 0.1) is 11.3 Å². The van der Waals surface area contributed by atoms with Crippen molar-refractivity contribution in [3.63, 3.8) is 0 Å². The van der Waals surface area contributed by atoms with Gasteiger partial charge in [0.05, 0.1) is 17.2 Å². The number of piperidine rings is 1. The fourth-order valence-electron chi connectivity index (χ4n) is 4.64. The minimum absolute atomic E-state index is 0.144. The van der Waals surface area contributed by atoms with Crippen LogP contribution >= 0.6 is 0 Å². The van der Waals surface area contributed by atoms with Crippen LogP contribution < -0.4 is 11.1 Å². The summed E-state index contributed by atoms with van der Waals surface area (Å²) >= 11 is 0. The number of para-hydroxylation sites is 1. The van der Waals surface area contributed by atoms with Gasteiger partial charge in [-0.2, -0.15) is 0 Å². The topological polar surface area (TPSA) is 97.4 Å². The Bertz CT molecular complexity index is 1000. The minimum atomic E-state index is -0.609. The number of rotatable bonds is 5. The number of aromatic nitrogens is 1. The van der Waals surface area contributed by atoms with Gasteiger partial charge in [-0.15, -0.1) is 0 Å². The van der Waals surface area contributed by atoms with Gasteiger partial charge in [0.25, 0.3) is 0 Å². The van der Waals surface area contributed by atoms with E-state index in [1.807, 2.05) is 18.2 Å². The van der Waals surface area contributed by atoms with E-state index in [0.29, 0.717) is 23.5 Å². The van der Waals surface area contributed by atoms with Gasteiger partial charge in [-0.05, 0) is 43.1 Å². The van der Waals surface area contributed by atoms with Gasteiger partial charge in [-0.3, -0.25) is 9.36 Å². The van der Waals surface area contributed by atoms with Gasteiger partial charge < -0.3 is 16.0 Å². The smallest absolute Gasteiger partial charge is 0.323 e. The molecule has 0 spiro atoms. The summed E-state index contributed by atoms with van der Waals surface area (Å²) in [5.74, 6) is 0.584. The molecule has 160 valence electrons. The molecule has 0 radical (unpaired) electrons. The summed E-state index contributed by atoms with van der Waals surface area (Å²) in [4.78, 5) is 39.5. The molecule has 30 heavy (non-hydrogen) atoms. The highest BCUT2D eigenvalue weighted by molar-refractivity contribution is 6.05. The lowest BCUT2D eigenvalue weighted by molar-refractivity contribution is -0.123. The number of nitrogens with zero attached hydrogens (tertiary/aromatic N) is 2. The fraction of sp³-hybridized carbons (Fsp3) is 0.522. The molecule has 2 fully saturated rings. The highest BCUT2D eigenvalue weighted by atomic mass is 16.2. The molecule has 1 saturated heterocycles. The van der Waals surface area contributed by atoms with E-state index in [1.54, 1.807) is 17.2 Å². The lowest BCUT2D eigenvalue weighted by atomic mass is 9.88. The number of nitrogens with two attached hydrogens (primary N) is 1. The number of hydrogen-bond acceptors (Lipinski definition) is 3. The van der Waals surface area contributed by atoms with Crippen molar-refractivity contribution < 1.29 is 14.4 Å². The third-order valence-electron chi connectivity index (χ3n) is 6.25. The van der Waals surface area contributed by atoms with E-state index in [2.05, 4.69) is 26.1 Å². The molecule has 1 aliphatic carbocycles. The van der Waals surface area contributed by atoms with Gasteiger partial charge in [-0.25, -0.2) is 9.59 Å². The Balaban J connectivity index is 1.49. The summed E-state index contributed by atoms with van der Waals surface area (Å²) < 4.78 is 1.32. The van der Waals surface area contributed by atoms with E-state index in [0.717, 1.165) is 31.1 Å². The van der Waals surface area contributed by atoms with Crippen LogP contribution in [0.4, 0.5) is 15.3 Å². The average molecular weight is 411 g/mol. The molecule has 3 amide bonds. The third-order valence-corrected chi connectivity index (χ3v) is 6.25. The summed E-state index contributed by atoms with van der Waals surface area (Å²) in [5.41, 5.74) is 6.83. The second-order valence-electron chi connectivity index (χ2n) is 9.80. The van der Waals surface area contributed by atoms with Crippen LogP contribution in [0.25, 0.3) is 10.9 Å². The molecular formula is C23H30N4O3. The van der Waals surface area contributed by atoms with Gasteiger partial charge in [0.2, 0.25) is 0 Å². The first-order chi connectivity index (χ1) is 14.2. The Labute approximate surface area is 176 Å². The minimum Gasteiger partial charge on any atom is -0.351 e. The number of Topliss-reactive ketones (excluding diaryl/α,β-unsaturated/α-hetero) is 1. The normalized spacial score (nSPS) is 22.8. The van der Waals surface area contributed by atoms with Gasteiger partial charge >= 0.3 is 12.1 Å². The monoisotopic (exact) mass is 410 g/mol. The molecule has 1 aromatic carbocycles. The van der Waals surface area contributed by atoms with Crippen molar-refractivity contribution >= 4 is 34.4 Å². The molecule has 7 heteroatoms. The maximum absolute atomic E-state index is 13.2. The van der Waals surface area contributed by atoms with Crippen LogP contribution in [0.15, 0.2) is 30.5 Å². The van der Waals surface area contributed by atoms with Crippen molar-refractivity contribution in [1.29, 1.82) is 0 Å². The SMILES string of the molecule is CC(C)(C)CCCC(=O)[C@@H]1C[C@H]2C[C@H]2N1C(=O)Nc1cn(C(N)=O)c2ccccc12. The predicted molar refractivity (Wildman–Crippen MR) is 116 cm³/mol. The quantitative estimate of drug-likeness (QED) is 0.767. The number of carbonyl (C=O) groups is 3. The Morgan fingerprint density at radius 3 is 2.60 bits per heavy atom. The van der Waals surface area contributed by atoms with Crippen molar-refractivity contribution in [2.45, 2.75) is 65.0 Å². The zero-order valence-corrected chi connectivity index (χ0v) is 17.9. The van der Waals surface area contributed by atoms with Crippen LogP contribution in [0.5, 0.6) is 0 Å². The predicted octanol–water partition coefficient (Wildman–Crippen LogP) is 4.35. The molecule has 0 bridgehead atoms. The summed E-state index contributed by atoms with van der Waals surface area (Å²) in [6, 6.07) is 6.19. The van der Waals surface area contributed by atoms with E-state index >= 15 is 0 Å². The number of primary amides is 1. The van der Waals surface area contributed by atoms with Gasteiger partial charge in [0.1, 0.15) is 0 Å². The van der Waals surface area contributed by atoms with Gasteiger partial charge in [0.15, 0.2) is 5.78 Å². The van der Waals surface area contributed by atoms with Crippen molar-refractivity contribution in [1.82, 2.24) is 9.47 Å². The Kier molecular flexibility index (Phi) is 5.08. The second kappa shape index (κ2) is 7.45. The Hall–Kier alpha value is -2.83. The van der Waals surface area contributed by atoms with Gasteiger partial charge in [-0.1, -0.05) is 39.0 Å². The zero-order chi connectivity index (χ0) is 21.6.